The zero-order valence-electron chi connectivity index (χ0n) is 14.4. The van der Waals surface area contributed by atoms with E-state index in [1.165, 1.54) is 26.3 Å². The summed E-state index contributed by atoms with van der Waals surface area (Å²) in [4.78, 5) is 47.0. The number of rotatable bonds is 8. The Hall–Kier alpha value is -3.17. The van der Waals surface area contributed by atoms with Gasteiger partial charge < -0.3 is 19.7 Å². The Morgan fingerprint density at radius 2 is 2.04 bits per heavy atom. The average Bonchev–Trinajstić information content (AvgIpc) is 3.42. The van der Waals surface area contributed by atoms with Gasteiger partial charge in [-0.3, -0.25) is 19.7 Å². The third kappa shape index (κ3) is 5.16. The Bertz CT molecular complexity index is 731. The molecule has 1 aliphatic carbocycles. The van der Waals surface area contributed by atoms with Crippen LogP contribution in [-0.2, 0) is 14.3 Å². The lowest BCUT2D eigenvalue weighted by Crippen LogP contribution is -2.40. The number of likely N-dealkylation sites (N-methyl/N-ethyl adjacent to an activating group) is 1. The predicted molar refractivity (Wildman–Crippen MR) is 88.7 cm³/mol. The quantitative estimate of drug-likeness (QED) is 0.403. The number of nitro groups is 1. The number of hydrogen-bond acceptors (Lipinski definition) is 7. The molecule has 1 fully saturated rings. The number of carbonyl (C=O) groups excluding carboxylic acids is 3. The van der Waals surface area contributed by atoms with Gasteiger partial charge in [0.1, 0.15) is 0 Å². The van der Waals surface area contributed by atoms with Crippen LogP contribution >= 0.6 is 0 Å². The minimum atomic E-state index is -0.889. The van der Waals surface area contributed by atoms with Crippen LogP contribution in [0.2, 0.25) is 0 Å². The maximum Gasteiger partial charge on any atom is 0.338 e. The average molecular weight is 365 g/mol. The summed E-state index contributed by atoms with van der Waals surface area (Å²) < 4.78 is 9.72. The Balaban J connectivity index is 1.88. The molecule has 0 atom stereocenters. The van der Waals surface area contributed by atoms with Crippen molar-refractivity contribution in [1.82, 2.24) is 10.2 Å². The third-order valence-electron chi connectivity index (χ3n) is 3.69. The summed E-state index contributed by atoms with van der Waals surface area (Å²) in [5.74, 6) is -1.73. The highest BCUT2D eigenvalue weighted by molar-refractivity contribution is 5.93. The van der Waals surface area contributed by atoms with Gasteiger partial charge in [0.25, 0.3) is 5.91 Å². The summed E-state index contributed by atoms with van der Waals surface area (Å²) in [5.41, 5.74) is -0.471. The van der Waals surface area contributed by atoms with Gasteiger partial charge in [-0.05, 0) is 25.0 Å². The number of esters is 1. The molecule has 1 aromatic carbocycles. The summed E-state index contributed by atoms with van der Waals surface area (Å²) in [6, 6.07) is 3.77. The molecule has 1 aromatic rings. The SMILES string of the molecule is COc1ccc(C(=O)OCC(=O)N(C)CC(=O)NC2CC2)cc1[N+](=O)[O-]. The van der Waals surface area contributed by atoms with E-state index >= 15 is 0 Å². The molecule has 0 heterocycles. The van der Waals surface area contributed by atoms with Crippen LogP contribution < -0.4 is 10.1 Å². The number of hydrogen-bond donors (Lipinski definition) is 1. The minimum absolute atomic E-state index is 0.00374. The lowest BCUT2D eigenvalue weighted by molar-refractivity contribution is -0.385. The van der Waals surface area contributed by atoms with E-state index in [4.69, 9.17) is 9.47 Å². The van der Waals surface area contributed by atoms with Crippen LogP contribution in [0.4, 0.5) is 5.69 Å². The lowest BCUT2D eigenvalue weighted by Gasteiger charge is -2.16. The largest absolute Gasteiger partial charge is 0.490 e. The highest BCUT2D eigenvalue weighted by Gasteiger charge is 2.25. The van der Waals surface area contributed by atoms with E-state index in [2.05, 4.69) is 5.32 Å². The van der Waals surface area contributed by atoms with Gasteiger partial charge in [-0.15, -0.1) is 0 Å². The summed E-state index contributed by atoms with van der Waals surface area (Å²) >= 11 is 0. The first-order valence-electron chi connectivity index (χ1n) is 7.84. The van der Waals surface area contributed by atoms with E-state index in [0.717, 1.165) is 23.8 Å². The molecule has 0 aromatic heterocycles. The molecule has 2 rings (SSSR count). The zero-order valence-corrected chi connectivity index (χ0v) is 14.4. The Labute approximate surface area is 149 Å². The molecule has 10 heteroatoms. The Morgan fingerprint density at radius 3 is 2.62 bits per heavy atom. The van der Waals surface area contributed by atoms with Crippen molar-refractivity contribution in [3.63, 3.8) is 0 Å². The second-order valence-corrected chi connectivity index (χ2v) is 5.81. The van der Waals surface area contributed by atoms with Crippen molar-refractivity contribution in [3.8, 4) is 5.75 Å². The summed E-state index contributed by atoms with van der Waals surface area (Å²) in [6.45, 7) is -0.716. The van der Waals surface area contributed by atoms with Crippen molar-refractivity contribution >= 4 is 23.5 Å². The molecule has 0 aliphatic heterocycles. The molecule has 0 radical (unpaired) electrons. The number of benzene rings is 1. The van der Waals surface area contributed by atoms with Crippen LogP contribution in [0, 0.1) is 10.1 Å². The van der Waals surface area contributed by atoms with Crippen molar-refractivity contribution in [3.05, 3.63) is 33.9 Å². The van der Waals surface area contributed by atoms with Crippen LogP contribution in [0.5, 0.6) is 5.75 Å². The lowest BCUT2D eigenvalue weighted by atomic mass is 10.2. The highest BCUT2D eigenvalue weighted by atomic mass is 16.6. The number of methoxy groups -OCH3 is 1. The predicted octanol–water partition coefficient (Wildman–Crippen LogP) is 0.497. The normalized spacial score (nSPS) is 12.8. The molecule has 26 heavy (non-hydrogen) atoms. The van der Waals surface area contributed by atoms with Crippen molar-refractivity contribution in [2.45, 2.75) is 18.9 Å². The van der Waals surface area contributed by atoms with E-state index in [1.54, 1.807) is 0 Å². The summed E-state index contributed by atoms with van der Waals surface area (Å²) in [5, 5.41) is 13.7. The smallest absolute Gasteiger partial charge is 0.338 e. The number of nitrogens with one attached hydrogen (secondary N) is 1. The van der Waals surface area contributed by atoms with Gasteiger partial charge >= 0.3 is 11.7 Å². The summed E-state index contributed by atoms with van der Waals surface area (Å²) in [6.07, 6.45) is 1.88. The van der Waals surface area contributed by atoms with E-state index < -0.39 is 23.4 Å². The molecule has 140 valence electrons. The number of nitro benzene ring substituents is 1. The molecule has 10 nitrogen and oxygen atoms in total. The van der Waals surface area contributed by atoms with Crippen molar-refractivity contribution in [1.29, 1.82) is 0 Å². The van der Waals surface area contributed by atoms with Crippen LogP contribution in [-0.4, -0.2) is 61.0 Å². The second kappa shape index (κ2) is 8.28. The molecule has 0 saturated heterocycles. The molecule has 1 saturated carbocycles. The van der Waals surface area contributed by atoms with Crippen LogP contribution in [0.25, 0.3) is 0 Å². The molecular weight excluding hydrogens is 346 g/mol. The van der Waals surface area contributed by atoms with E-state index in [9.17, 15) is 24.5 Å². The molecule has 1 aliphatic rings. The zero-order chi connectivity index (χ0) is 19.3. The van der Waals surface area contributed by atoms with Crippen LogP contribution in [0.15, 0.2) is 18.2 Å². The van der Waals surface area contributed by atoms with Gasteiger partial charge in [0, 0.05) is 19.2 Å². The van der Waals surface area contributed by atoms with Crippen molar-refractivity contribution < 1.29 is 28.8 Å². The highest BCUT2D eigenvalue weighted by Crippen LogP contribution is 2.27. The fourth-order valence-corrected chi connectivity index (χ4v) is 2.09. The first-order valence-corrected chi connectivity index (χ1v) is 7.84. The third-order valence-corrected chi connectivity index (χ3v) is 3.69. The molecule has 0 spiro atoms. The van der Waals surface area contributed by atoms with E-state index in [1.807, 2.05) is 0 Å². The Morgan fingerprint density at radius 1 is 1.35 bits per heavy atom. The van der Waals surface area contributed by atoms with E-state index in [-0.39, 0.29) is 35.5 Å². The standard InChI is InChI=1S/C16H19N3O7/c1-18(8-14(20)17-11-4-5-11)15(21)9-26-16(22)10-3-6-13(25-2)12(7-10)19(23)24/h3,6-7,11H,4-5,8-9H2,1-2H3,(H,17,20). The second-order valence-electron chi connectivity index (χ2n) is 5.81. The van der Waals surface area contributed by atoms with Crippen LogP contribution in [0.3, 0.4) is 0 Å². The molecule has 2 amide bonds. The fourth-order valence-electron chi connectivity index (χ4n) is 2.09. The van der Waals surface area contributed by atoms with Crippen molar-refractivity contribution in [2.75, 3.05) is 27.3 Å². The topological polar surface area (TPSA) is 128 Å². The fraction of sp³-hybridized carbons (Fsp3) is 0.438. The number of nitrogens with zero attached hydrogens (tertiary/aromatic N) is 2. The molecular formula is C16H19N3O7. The van der Waals surface area contributed by atoms with Crippen molar-refractivity contribution in [2.24, 2.45) is 0 Å². The number of carbonyl (C=O) groups is 3. The molecule has 1 N–H and O–H groups in total. The first kappa shape index (κ1) is 19.2. The maximum absolute atomic E-state index is 12.0. The van der Waals surface area contributed by atoms with Gasteiger partial charge in [0.05, 0.1) is 24.1 Å². The summed E-state index contributed by atoms with van der Waals surface area (Å²) in [7, 11) is 2.69. The van der Waals surface area contributed by atoms with E-state index in [0.29, 0.717) is 0 Å². The van der Waals surface area contributed by atoms with Crippen LogP contribution in [0.1, 0.15) is 23.2 Å². The van der Waals surface area contributed by atoms with Gasteiger partial charge in [-0.1, -0.05) is 0 Å². The van der Waals surface area contributed by atoms with Gasteiger partial charge in [0.2, 0.25) is 5.91 Å². The maximum atomic E-state index is 12.0. The van der Waals surface area contributed by atoms with Gasteiger partial charge in [-0.2, -0.15) is 0 Å². The number of ether oxygens (including phenoxy) is 2. The minimum Gasteiger partial charge on any atom is -0.490 e. The van der Waals surface area contributed by atoms with Gasteiger partial charge in [0.15, 0.2) is 12.4 Å². The monoisotopic (exact) mass is 365 g/mol. The molecule has 0 bridgehead atoms. The molecule has 0 unspecified atom stereocenters. The first-order chi connectivity index (χ1) is 12.3. The Kier molecular flexibility index (Phi) is 6.10. The number of amides is 2. The van der Waals surface area contributed by atoms with Gasteiger partial charge in [-0.25, -0.2) is 4.79 Å².